The predicted molar refractivity (Wildman–Crippen MR) is 43.9 cm³/mol. The average Bonchev–Trinajstić information content (AvgIpc) is 2.12. The summed E-state index contributed by atoms with van der Waals surface area (Å²) in [5.74, 6) is 2.36. The van der Waals surface area contributed by atoms with Gasteiger partial charge in [-0.05, 0) is 30.8 Å². The number of nitrogens with two attached hydrogens (primary N) is 1. The lowest BCUT2D eigenvalue weighted by molar-refractivity contribution is -0.122. The van der Waals surface area contributed by atoms with E-state index in [9.17, 15) is 4.79 Å². The minimum absolute atomic E-state index is 0.109. The molecule has 0 radical (unpaired) electrons. The van der Waals surface area contributed by atoms with Crippen molar-refractivity contribution in [2.75, 3.05) is 11.5 Å². The molecule has 0 aromatic carbocycles. The molecule has 1 atom stereocenters. The van der Waals surface area contributed by atoms with Crippen molar-refractivity contribution in [1.29, 1.82) is 0 Å². The summed E-state index contributed by atoms with van der Waals surface area (Å²) in [5.41, 5.74) is 5.19. The summed E-state index contributed by atoms with van der Waals surface area (Å²) >= 11 is 1.93. The molecule has 1 amide bonds. The van der Waals surface area contributed by atoms with Gasteiger partial charge in [-0.1, -0.05) is 0 Å². The molecule has 0 aromatic rings. The van der Waals surface area contributed by atoms with Gasteiger partial charge in [0.05, 0.1) is 0 Å². The number of thioether (sulfide) groups is 1. The number of primary amides is 1. The molecule has 2 N–H and O–H groups in total. The summed E-state index contributed by atoms with van der Waals surface area (Å²) in [6.07, 6.45) is 3.14. The maximum atomic E-state index is 10.7. The van der Waals surface area contributed by atoms with Crippen LogP contribution in [0, 0.1) is 5.92 Å². The van der Waals surface area contributed by atoms with Crippen LogP contribution in [0.2, 0.25) is 0 Å². The van der Waals surface area contributed by atoms with Gasteiger partial charge in [0.1, 0.15) is 0 Å². The van der Waals surface area contributed by atoms with E-state index in [1.165, 1.54) is 5.75 Å². The Morgan fingerprint density at radius 2 is 2.20 bits per heavy atom. The molecular weight excluding hydrogens is 146 g/mol. The van der Waals surface area contributed by atoms with Crippen LogP contribution >= 0.6 is 11.8 Å². The Hall–Kier alpha value is -0.180. The zero-order chi connectivity index (χ0) is 7.40. The second-order valence-corrected chi connectivity index (χ2v) is 3.87. The second kappa shape index (κ2) is 3.86. The van der Waals surface area contributed by atoms with Crippen molar-refractivity contribution in [2.45, 2.75) is 19.3 Å². The van der Waals surface area contributed by atoms with Crippen molar-refractivity contribution in [3.05, 3.63) is 0 Å². The molecule has 1 rings (SSSR count). The second-order valence-electron chi connectivity index (χ2n) is 2.64. The molecule has 10 heavy (non-hydrogen) atoms. The van der Waals surface area contributed by atoms with Crippen LogP contribution in [0.1, 0.15) is 19.3 Å². The molecule has 1 aliphatic heterocycles. The highest BCUT2D eigenvalue weighted by atomic mass is 32.2. The molecule has 0 unspecified atom stereocenters. The third kappa shape index (κ3) is 2.21. The van der Waals surface area contributed by atoms with E-state index in [4.69, 9.17) is 5.73 Å². The lowest BCUT2D eigenvalue weighted by atomic mass is 10.0. The monoisotopic (exact) mass is 159 g/mol. The lowest BCUT2D eigenvalue weighted by Gasteiger charge is -2.06. The number of carbonyl (C=O) groups is 1. The summed E-state index contributed by atoms with van der Waals surface area (Å²) in [6, 6.07) is 0. The summed E-state index contributed by atoms with van der Waals surface area (Å²) in [6.45, 7) is 0. The largest absolute Gasteiger partial charge is 0.369 e. The van der Waals surface area contributed by atoms with Crippen LogP contribution in [-0.4, -0.2) is 17.4 Å². The molecule has 1 fully saturated rings. The van der Waals surface area contributed by atoms with Gasteiger partial charge in [-0.3, -0.25) is 4.79 Å². The highest BCUT2D eigenvalue weighted by Crippen LogP contribution is 2.21. The van der Waals surface area contributed by atoms with E-state index in [2.05, 4.69) is 0 Å². The smallest absolute Gasteiger partial charge is 0.220 e. The minimum atomic E-state index is -0.109. The summed E-state index contributed by atoms with van der Waals surface area (Å²) in [4.78, 5) is 10.7. The lowest BCUT2D eigenvalue weighted by Crippen LogP contribution is -2.22. The van der Waals surface area contributed by atoms with Crippen LogP contribution in [0.25, 0.3) is 0 Å². The number of hydrogen-bond acceptors (Lipinski definition) is 2. The Labute approximate surface area is 65.5 Å². The van der Waals surface area contributed by atoms with Gasteiger partial charge in [0.25, 0.3) is 0 Å². The van der Waals surface area contributed by atoms with Crippen LogP contribution in [0.3, 0.4) is 0 Å². The van der Waals surface area contributed by atoms with Crippen molar-refractivity contribution in [3.8, 4) is 0 Å². The quantitative estimate of drug-likeness (QED) is 0.620. The molecule has 1 saturated heterocycles. The maximum absolute atomic E-state index is 10.7. The fraction of sp³-hybridized carbons (Fsp3) is 0.857. The van der Waals surface area contributed by atoms with E-state index in [1.807, 2.05) is 11.8 Å². The molecule has 0 saturated carbocycles. The Balaban J connectivity index is 2.35. The van der Waals surface area contributed by atoms with Crippen LogP contribution in [0.4, 0.5) is 0 Å². The molecule has 0 spiro atoms. The zero-order valence-electron chi connectivity index (χ0n) is 6.01. The van der Waals surface area contributed by atoms with Gasteiger partial charge < -0.3 is 5.73 Å². The summed E-state index contributed by atoms with van der Waals surface area (Å²) in [5, 5.41) is 0. The molecule has 0 bridgehead atoms. The van der Waals surface area contributed by atoms with Gasteiger partial charge in [0.15, 0.2) is 0 Å². The fourth-order valence-electron chi connectivity index (χ4n) is 1.19. The maximum Gasteiger partial charge on any atom is 0.220 e. The fourth-order valence-corrected chi connectivity index (χ4v) is 2.21. The Bertz CT molecular complexity index is 119. The number of hydrogen-bond donors (Lipinski definition) is 1. The summed E-state index contributed by atoms with van der Waals surface area (Å²) < 4.78 is 0. The third-order valence-electron chi connectivity index (χ3n) is 1.85. The first kappa shape index (κ1) is 7.92. The van der Waals surface area contributed by atoms with Gasteiger partial charge in [0, 0.05) is 5.92 Å². The molecule has 3 heteroatoms. The molecular formula is C7H13NOS. The van der Waals surface area contributed by atoms with E-state index in [0.717, 1.165) is 25.0 Å². The third-order valence-corrected chi connectivity index (χ3v) is 2.96. The number of amides is 1. The molecule has 1 heterocycles. The minimum Gasteiger partial charge on any atom is -0.369 e. The van der Waals surface area contributed by atoms with Crippen molar-refractivity contribution in [3.63, 3.8) is 0 Å². The number of rotatable bonds is 1. The van der Waals surface area contributed by atoms with E-state index < -0.39 is 0 Å². The highest BCUT2D eigenvalue weighted by molar-refractivity contribution is 7.99. The zero-order valence-corrected chi connectivity index (χ0v) is 6.82. The van der Waals surface area contributed by atoms with Gasteiger partial charge in [-0.25, -0.2) is 0 Å². The molecule has 0 aromatic heterocycles. The van der Waals surface area contributed by atoms with Gasteiger partial charge >= 0.3 is 0 Å². The molecule has 2 nitrogen and oxygen atoms in total. The first-order chi connectivity index (χ1) is 4.80. The molecule has 1 aliphatic rings. The first-order valence-corrected chi connectivity index (χ1v) is 4.83. The highest BCUT2D eigenvalue weighted by Gasteiger charge is 2.16. The van der Waals surface area contributed by atoms with E-state index >= 15 is 0 Å². The van der Waals surface area contributed by atoms with Crippen molar-refractivity contribution < 1.29 is 4.79 Å². The van der Waals surface area contributed by atoms with Crippen LogP contribution in [-0.2, 0) is 4.79 Å². The standard InChI is InChI=1S/C7H13NOS/c8-7(9)6-2-1-4-10-5-3-6/h6H,1-5H2,(H2,8,9)/t6-/m1/s1. The van der Waals surface area contributed by atoms with Crippen molar-refractivity contribution in [1.82, 2.24) is 0 Å². The van der Waals surface area contributed by atoms with Crippen LogP contribution in [0.15, 0.2) is 0 Å². The average molecular weight is 159 g/mol. The molecule has 58 valence electrons. The Kier molecular flexibility index (Phi) is 3.06. The van der Waals surface area contributed by atoms with Gasteiger partial charge in [-0.15, -0.1) is 0 Å². The summed E-state index contributed by atoms with van der Waals surface area (Å²) in [7, 11) is 0. The Morgan fingerprint density at radius 3 is 2.90 bits per heavy atom. The first-order valence-electron chi connectivity index (χ1n) is 3.68. The Morgan fingerprint density at radius 1 is 1.40 bits per heavy atom. The number of carbonyl (C=O) groups excluding carboxylic acids is 1. The normalized spacial score (nSPS) is 27.4. The SMILES string of the molecule is NC(=O)[C@@H]1CCCSCC1. The molecule has 0 aliphatic carbocycles. The van der Waals surface area contributed by atoms with E-state index in [1.54, 1.807) is 0 Å². The van der Waals surface area contributed by atoms with Crippen molar-refractivity contribution >= 4 is 17.7 Å². The van der Waals surface area contributed by atoms with E-state index in [0.29, 0.717) is 0 Å². The van der Waals surface area contributed by atoms with Gasteiger partial charge in [-0.2, -0.15) is 11.8 Å². The van der Waals surface area contributed by atoms with Crippen LogP contribution in [0.5, 0.6) is 0 Å². The van der Waals surface area contributed by atoms with Gasteiger partial charge in [0.2, 0.25) is 5.91 Å². The van der Waals surface area contributed by atoms with E-state index in [-0.39, 0.29) is 11.8 Å². The van der Waals surface area contributed by atoms with Crippen molar-refractivity contribution in [2.24, 2.45) is 11.7 Å². The van der Waals surface area contributed by atoms with Crippen LogP contribution < -0.4 is 5.73 Å². The predicted octanol–water partition coefficient (Wildman–Crippen LogP) is 1.00. The topological polar surface area (TPSA) is 43.1 Å².